The van der Waals surface area contributed by atoms with Crippen molar-refractivity contribution in [1.82, 2.24) is 4.90 Å². The van der Waals surface area contributed by atoms with Gasteiger partial charge in [0.2, 0.25) is 5.91 Å². The third kappa shape index (κ3) is 5.24. The van der Waals surface area contributed by atoms with E-state index in [4.69, 9.17) is 21.1 Å². The lowest BCUT2D eigenvalue weighted by Crippen LogP contribution is -2.46. The topological polar surface area (TPSA) is 84.9 Å². The first-order valence-electron chi connectivity index (χ1n) is 9.87. The van der Waals surface area contributed by atoms with Crippen LogP contribution in [0.15, 0.2) is 42.5 Å². The molecule has 1 aliphatic carbocycles. The minimum absolute atomic E-state index is 0.0241. The molecule has 0 unspecified atom stereocenters. The van der Waals surface area contributed by atoms with Crippen molar-refractivity contribution in [2.45, 2.75) is 31.9 Å². The molecule has 8 heteroatoms. The van der Waals surface area contributed by atoms with E-state index in [1.807, 2.05) is 30.3 Å². The largest absolute Gasteiger partial charge is 0.465 e. The van der Waals surface area contributed by atoms with Crippen LogP contribution >= 0.6 is 11.6 Å². The molecule has 0 atom stereocenters. The number of amides is 1. The fourth-order valence-electron chi connectivity index (χ4n) is 3.44. The summed E-state index contributed by atoms with van der Waals surface area (Å²) in [5.74, 6) is -1.30. The molecule has 0 aromatic heterocycles. The minimum atomic E-state index is -0.828. The molecule has 1 amide bonds. The highest BCUT2D eigenvalue weighted by Crippen LogP contribution is 2.42. The molecule has 1 saturated carbocycles. The lowest BCUT2D eigenvalue weighted by molar-refractivity contribution is -0.147. The SMILES string of the molecule is COC(=O)c1cc(Cl)cc(C)c1NC(=O)C1(N(C)CC(=O)OCc2ccccc2)CC1. The second kappa shape index (κ2) is 9.49. The number of likely N-dealkylation sites (N-methyl/N-ethyl adjacent to an activating group) is 1. The van der Waals surface area contributed by atoms with Crippen LogP contribution in [0.2, 0.25) is 5.02 Å². The second-order valence-electron chi connectivity index (χ2n) is 7.62. The number of halogens is 1. The lowest BCUT2D eigenvalue weighted by atomic mass is 10.1. The molecule has 1 fully saturated rings. The maximum Gasteiger partial charge on any atom is 0.340 e. The number of hydrogen-bond donors (Lipinski definition) is 1. The van der Waals surface area contributed by atoms with Crippen LogP contribution in [0, 0.1) is 6.92 Å². The van der Waals surface area contributed by atoms with E-state index >= 15 is 0 Å². The molecule has 0 bridgehead atoms. The lowest BCUT2D eigenvalue weighted by Gasteiger charge is -2.27. The van der Waals surface area contributed by atoms with E-state index in [0.29, 0.717) is 29.1 Å². The molecular weight excluding hydrogens is 420 g/mol. The van der Waals surface area contributed by atoms with E-state index in [1.165, 1.54) is 13.2 Å². The summed E-state index contributed by atoms with van der Waals surface area (Å²) < 4.78 is 10.1. The standard InChI is InChI=1S/C23H25ClN2O5/c1-15-11-17(24)12-18(21(28)30-3)20(15)25-22(29)23(9-10-23)26(2)13-19(27)31-14-16-7-5-4-6-8-16/h4-8,11-12H,9-10,13-14H2,1-3H3,(H,25,29). The van der Waals surface area contributed by atoms with E-state index in [1.54, 1.807) is 24.9 Å². The van der Waals surface area contributed by atoms with Crippen LogP contribution in [0.3, 0.4) is 0 Å². The third-order valence-electron chi connectivity index (χ3n) is 5.43. The summed E-state index contributed by atoms with van der Waals surface area (Å²) in [6.07, 6.45) is 1.20. The van der Waals surface area contributed by atoms with Gasteiger partial charge in [0.15, 0.2) is 0 Å². The molecule has 2 aromatic carbocycles. The number of carbonyl (C=O) groups is 3. The Morgan fingerprint density at radius 1 is 1.16 bits per heavy atom. The number of benzene rings is 2. The average molecular weight is 445 g/mol. The Labute approximate surface area is 186 Å². The minimum Gasteiger partial charge on any atom is -0.465 e. The smallest absolute Gasteiger partial charge is 0.340 e. The van der Waals surface area contributed by atoms with Gasteiger partial charge in [-0.15, -0.1) is 0 Å². The van der Waals surface area contributed by atoms with Gasteiger partial charge < -0.3 is 14.8 Å². The fraction of sp³-hybridized carbons (Fsp3) is 0.348. The number of anilines is 1. The molecule has 0 aliphatic heterocycles. The zero-order chi connectivity index (χ0) is 22.6. The summed E-state index contributed by atoms with van der Waals surface area (Å²) in [5, 5.41) is 3.21. The molecule has 31 heavy (non-hydrogen) atoms. The Hall–Kier alpha value is -2.90. The summed E-state index contributed by atoms with van der Waals surface area (Å²) in [4.78, 5) is 39.2. The van der Waals surface area contributed by atoms with Crippen molar-refractivity contribution >= 4 is 35.1 Å². The van der Waals surface area contributed by atoms with Crippen molar-refractivity contribution in [3.63, 3.8) is 0 Å². The molecule has 0 saturated heterocycles. The molecule has 7 nitrogen and oxygen atoms in total. The highest BCUT2D eigenvalue weighted by Gasteiger charge is 2.54. The van der Waals surface area contributed by atoms with Gasteiger partial charge in [-0.25, -0.2) is 4.79 Å². The van der Waals surface area contributed by atoms with Gasteiger partial charge in [0.05, 0.1) is 24.9 Å². The predicted octanol–water partition coefficient (Wildman–Crippen LogP) is 3.58. The van der Waals surface area contributed by atoms with Crippen LogP contribution < -0.4 is 5.32 Å². The molecule has 0 radical (unpaired) electrons. The van der Waals surface area contributed by atoms with Gasteiger partial charge in [-0.1, -0.05) is 41.9 Å². The van der Waals surface area contributed by atoms with E-state index in [9.17, 15) is 14.4 Å². The van der Waals surface area contributed by atoms with Gasteiger partial charge >= 0.3 is 11.9 Å². The molecule has 164 valence electrons. The van der Waals surface area contributed by atoms with Crippen LogP contribution in [-0.4, -0.2) is 49.0 Å². The quantitative estimate of drug-likeness (QED) is 0.626. The Balaban J connectivity index is 1.66. The Morgan fingerprint density at radius 2 is 1.84 bits per heavy atom. The predicted molar refractivity (Wildman–Crippen MR) is 117 cm³/mol. The van der Waals surface area contributed by atoms with Crippen molar-refractivity contribution in [3.8, 4) is 0 Å². The van der Waals surface area contributed by atoms with Crippen LogP contribution in [-0.2, 0) is 25.7 Å². The van der Waals surface area contributed by atoms with Gasteiger partial charge in [0, 0.05) is 5.02 Å². The summed E-state index contributed by atoms with van der Waals surface area (Å²) >= 11 is 6.06. The Morgan fingerprint density at radius 3 is 2.45 bits per heavy atom. The van der Waals surface area contributed by atoms with Gasteiger partial charge in [-0.05, 0) is 50.1 Å². The number of rotatable bonds is 8. The van der Waals surface area contributed by atoms with Gasteiger partial charge in [-0.3, -0.25) is 14.5 Å². The molecule has 0 spiro atoms. The highest BCUT2D eigenvalue weighted by molar-refractivity contribution is 6.31. The number of nitrogens with one attached hydrogen (secondary N) is 1. The first kappa shape index (κ1) is 22.8. The van der Waals surface area contributed by atoms with Gasteiger partial charge in [-0.2, -0.15) is 0 Å². The zero-order valence-electron chi connectivity index (χ0n) is 17.7. The monoisotopic (exact) mass is 444 g/mol. The first-order valence-corrected chi connectivity index (χ1v) is 10.3. The Bertz CT molecular complexity index is 989. The Kier molecular flexibility index (Phi) is 6.97. The van der Waals surface area contributed by atoms with Crippen molar-refractivity contribution in [2.75, 3.05) is 26.0 Å². The normalized spacial score (nSPS) is 14.1. The molecule has 2 aromatic rings. The fourth-order valence-corrected chi connectivity index (χ4v) is 3.71. The van der Waals surface area contributed by atoms with Crippen molar-refractivity contribution in [1.29, 1.82) is 0 Å². The van der Waals surface area contributed by atoms with Crippen molar-refractivity contribution in [2.24, 2.45) is 0 Å². The van der Waals surface area contributed by atoms with E-state index in [2.05, 4.69) is 5.32 Å². The van der Waals surface area contributed by atoms with E-state index in [0.717, 1.165) is 5.56 Å². The summed E-state index contributed by atoms with van der Waals surface area (Å²) in [6, 6.07) is 12.5. The molecular formula is C23H25ClN2O5. The van der Waals surface area contributed by atoms with Crippen LogP contribution in [0.1, 0.15) is 34.3 Å². The average Bonchev–Trinajstić information content (AvgIpc) is 3.56. The number of hydrogen-bond acceptors (Lipinski definition) is 6. The van der Waals surface area contributed by atoms with Gasteiger partial charge in [0.1, 0.15) is 12.1 Å². The highest BCUT2D eigenvalue weighted by atomic mass is 35.5. The summed E-state index contributed by atoms with van der Waals surface area (Å²) in [5.41, 5.74) is 1.24. The van der Waals surface area contributed by atoms with Crippen molar-refractivity contribution in [3.05, 3.63) is 64.2 Å². The number of aryl methyl sites for hydroxylation is 1. The number of ether oxygens (including phenoxy) is 2. The number of carbonyl (C=O) groups excluding carboxylic acids is 3. The van der Waals surface area contributed by atoms with Crippen LogP contribution in [0.5, 0.6) is 0 Å². The molecule has 1 N–H and O–H groups in total. The van der Waals surface area contributed by atoms with E-state index in [-0.39, 0.29) is 24.6 Å². The van der Waals surface area contributed by atoms with Crippen LogP contribution in [0.25, 0.3) is 0 Å². The molecule has 0 heterocycles. The maximum absolute atomic E-state index is 13.1. The summed E-state index contributed by atoms with van der Waals surface area (Å²) in [6.45, 7) is 1.90. The second-order valence-corrected chi connectivity index (χ2v) is 8.06. The third-order valence-corrected chi connectivity index (χ3v) is 5.65. The molecule has 1 aliphatic rings. The number of methoxy groups -OCH3 is 1. The van der Waals surface area contributed by atoms with Crippen LogP contribution in [0.4, 0.5) is 5.69 Å². The maximum atomic E-state index is 13.1. The molecule has 3 rings (SSSR count). The number of nitrogens with zero attached hydrogens (tertiary/aromatic N) is 1. The number of esters is 2. The van der Waals surface area contributed by atoms with E-state index < -0.39 is 17.5 Å². The zero-order valence-corrected chi connectivity index (χ0v) is 18.5. The first-order chi connectivity index (χ1) is 14.8. The van der Waals surface area contributed by atoms with Gasteiger partial charge in [0.25, 0.3) is 0 Å². The van der Waals surface area contributed by atoms with Crippen molar-refractivity contribution < 1.29 is 23.9 Å². The summed E-state index contributed by atoms with van der Waals surface area (Å²) in [7, 11) is 2.98.